The van der Waals surface area contributed by atoms with Gasteiger partial charge in [0.25, 0.3) is 0 Å². The largest absolute Gasteiger partial charge is 0.493 e. The third-order valence-corrected chi connectivity index (χ3v) is 4.41. The number of pyridine rings is 1. The van der Waals surface area contributed by atoms with Gasteiger partial charge in [0, 0.05) is 19.2 Å². The highest BCUT2D eigenvalue weighted by Gasteiger charge is 2.35. The Bertz CT molecular complexity index is 1070. The maximum absolute atomic E-state index is 13.6. The van der Waals surface area contributed by atoms with Crippen molar-refractivity contribution in [2.45, 2.75) is 12.6 Å². The third kappa shape index (κ3) is 5.01. The molecule has 2 aromatic heterocycles. The highest BCUT2D eigenvalue weighted by Crippen LogP contribution is 2.39. The zero-order chi connectivity index (χ0) is 21.2. The Labute approximate surface area is 178 Å². The number of nitrogens with zero attached hydrogens (tertiary/aromatic N) is 5. The van der Waals surface area contributed by atoms with Crippen molar-refractivity contribution in [2.75, 3.05) is 27.2 Å². The van der Waals surface area contributed by atoms with Crippen molar-refractivity contribution >= 4 is 23.4 Å². The number of ether oxygens (including phenoxy) is 1. The summed E-state index contributed by atoms with van der Waals surface area (Å²) in [5.74, 6) is -0.220. The summed E-state index contributed by atoms with van der Waals surface area (Å²) in [6.45, 7) is 0.892. The van der Waals surface area contributed by atoms with Crippen molar-refractivity contribution in [1.82, 2.24) is 19.4 Å². The van der Waals surface area contributed by atoms with Crippen LogP contribution in [0.1, 0.15) is 17.7 Å². The number of halogens is 4. The van der Waals surface area contributed by atoms with Crippen LogP contribution in [0.5, 0.6) is 5.75 Å². The van der Waals surface area contributed by atoms with Crippen LogP contribution in [0, 0.1) is 11.3 Å². The van der Waals surface area contributed by atoms with E-state index < -0.39 is 11.7 Å². The molecule has 0 bridgehead atoms. The summed E-state index contributed by atoms with van der Waals surface area (Å²) in [5.41, 5.74) is 0.737. The summed E-state index contributed by atoms with van der Waals surface area (Å²) in [6, 6.07) is 7.40. The quantitative estimate of drug-likeness (QED) is 0.536. The molecule has 0 saturated carbocycles. The minimum Gasteiger partial charge on any atom is -0.493 e. The molecule has 0 saturated heterocycles. The number of fused-ring (bicyclic) bond motifs is 1. The minimum atomic E-state index is -4.58. The second-order valence-electron chi connectivity index (χ2n) is 6.91. The lowest BCUT2D eigenvalue weighted by atomic mass is 10.1. The molecule has 3 rings (SSSR count). The molecule has 3 aromatic rings. The lowest BCUT2D eigenvalue weighted by Gasteiger charge is -2.16. The summed E-state index contributed by atoms with van der Waals surface area (Å²) in [6.07, 6.45) is -2.44. The smallest absolute Gasteiger partial charge is 0.419 e. The van der Waals surface area contributed by atoms with E-state index in [1.807, 2.05) is 25.1 Å². The Morgan fingerprint density at radius 3 is 2.60 bits per heavy atom. The second-order valence-corrected chi connectivity index (χ2v) is 6.91. The molecule has 2 heterocycles. The molecule has 1 aromatic carbocycles. The molecular formula is C20H21ClF3N5O. The number of nitriles is 1. The van der Waals surface area contributed by atoms with Gasteiger partial charge in [0.2, 0.25) is 0 Å². The zero-order valence-electron chi connectivity index (χ0n) is 16.7. The van der Waals surface area contributed by atoms with Crippen LogP contribution < -0.4 is 4.74 Å². The lowest BCUT2D eigenvalue weighted by Crippen LogP contribution is -2.16. The van der Waals surface area contributed by atoms with Crippen molar-refractivity contribution < 1.29 is 17.9 Å². The van der Waals surface area contributed by atoms with Crippen LogP contribution in [0.15, 0.2) is 30.6 Å². The molecule has 0 amide bonds. The summed E-state index contributed by atoms with van der Waals surface area (Å²) in [5, 5.41) is 9.34. The number of aromatic nitrogens is 3. The van der Waals surface area contributed by atoms with Crippen molar-refractivity contribution in [3.8, 4) is 23.1 Å². The summed E-state index contributed by atoms with van der Waals surface area (Å²) < 4.78 is 47.9. The van der Waals surface area contributed by atoms with Crippen LogP contribution >= 0.6 is 12.4 Å². The molecular weight excluding hydrogens is 419 g/mol. The molecule has 0 fully saturated rings. The summed E-state index contributed by atoms with van der Waals surface area (Å²) in [4.78, 5) is 10.3. The van der Waals surface area contributed by atoms with Gasteiger partial charge in [-0.15, -0.1) is 12.4 Å². The van der Waals surface area contributed by atoms with E-state index in [1.165, 1.54) is 18.5 Å². The standard InChI is InChI=1S/C20H20F3N5O.ClH/c1-27(2)7-4-8-29-18-6-5-13(9-14(18)20(21,22)23)15-10-17-19(16(11-24)26-15)25-12-28(17)3;/h5-6,9-10,12H,4,7-8H2,1-3H3;1H. The normalized spacial score (nSPS) is 11.4. The number of hydrogen-bond acceptors (Lipinski definition) is 5. The van der Waals surface area contributed by atoms with Crippen molar-refractivity contribution in [2.24, 2.45) is 7.05 Å². The summed E-state index contributed by atoms with van der Waals surface area (Å²) >= 11 is 0. The van der Waals surface area contributed by atoms with Gasteiger partial charge in [-0.2, -0.15) is 18.4 Å². The predicted octanol–water partition coefficient (Wildman–Crippen LogP) is 4.28. The first-order valence-corrected chi connectivity index (χ1v) is 8.92. The minimum absolute atomic E-state index is 0. The number of rotatable bonds is 6. The van der Waals surface area contributed by atoms with E-state index in [9.17, 15) is 18.4 Å². The van der Waals surface area contributed by atoms with Crippen LogP contribution in [-0.4, -0.2) is 46.7 Å². The SMILES string of the molecule is CN(C)CCCOc1ccc(-c2cc3c(ncn3C)c(C#N)n2)cc1C(F)(F)F.Cl. The van der Waals surface area contributed by atoms with Gasteiger partial charge in [-0.1, -0.05) is 0 Å². The van der Waals surface area contributed by atoms with E-state index in [4.69, 9.17) is 4.74 Å². The molecule has 0 spiro atoms. The Kier molecular flexibility index (Phi) is 7.29. The van der Waals surface area contributed by atoms with Gasteiger partial charge in [-0.05, 0) is 44.8 Å². The molecule has 0 aliphatic rings. The van der Waals surface area contributed by atoms with Crippen LogP contribution in [0.3, 0.4) is 0 Å². The fourth-order valence-corrected chi connectivity index (χ4v) is 2.95. The summed E-state index contributed by atoms with van der Waals surface area (Å²) in [7, 11) is 5.51. The van der Waals surface area contributed by atoms with E-state index >= 15 is 0 Å². The van der Waals surface area contributed by atoms with Crippen molar-refractivity contribution in [3.05, 3.63) is 41.9 Å². The first kappa shape index (κ1) is 23.4. The van der Waals surface area contributed by atoms with E-state index in [1.54, 1.807) is 17.7 Å². The fraction of sp³-hybridized carbons (Fsp3) is 0.350. The average Bonchev–Trinajstić information content (AvgIpc) is 3.04. The zero-order valence-corrected chi connectivity index (χ0v) is 17.5. The van der Waals surface area contributed by atoms with Gasteiger partial charge in [-0.3, -0.25) is 0 Å². The second kappa shape index (κ2) is 9.32. The third-order valence-electron chi connectivity index (χ3n) is 4.41. The number of aryl methyl sites for hydroxylation is 1. The van der Waals surface area contributed by atoms with Gasteiger partial charge >= 0.3 is 6.18 Å². The molecule has 6 nitrogen and oxygen atoms in total. The van der Waals surface area contributed by atoms with Gasteiger partial charge in [-0.25, -0.2) is 9.97 Å². The van der Waals surface area contributed by atoms with Crippen LogP contribution in [-0.2, 0) is 13.2 Å². The van der Waals surface area contributed by atoms with E-state index in [-0.39, 0.29) is 41.7 Å². The number of imidazole rings is 1. The molecule has 160 valence electrons. The van der Waals surface area contributed by atoms with E-state index in [0.29, 0.717) is 24.0 Å². The Hall–Kier alpha value is -2.83. The number of benzene rings is 1. The number of hydrogen-bond donors (Lipinski definition) is 0. The van der Waals surface area contributed by atoms with Crippen LogP contribution in [0.4, 0.5) is 13.2 Å². The maximum Gasteiger partial charge on any atom is 0.419 e. The molecule has 0 aliphatic carbocycles. The molecule has 0 atom stereocenters. The van der Waals surface area contributed by atoms with Gasteiger partial charge in [0.1, 0.15) is 17.3 Å². The molecule has 0 radical (unpaired) electrons. The molecule has 0 N–H and O–H groups in total. The van der Waals surface area contributed by atoms with Crippen molar-refractivity contribution in [3.63, 3.8) is 0 Å². The van der Waals surface area contributed by atoms with E-state index in [2.05, 4.69) is 9.97 Å². The molecule has 0 aliphatic heterocycles. The first-order chi connectivity index (χ1) is 13.7. The van der Waals surface area contributed by atoms with E-state index in [0.717, 1.165) is 6.07 Å². The fourth-order valence-electron chi connectivity index (χ4n) is 2.95. The average molecular weight is 440 g/mol. The highest BCUT2D eigenvalue weighted by molar-refractivity contribution is 5.85. The van der Waals surface area contributed by atoms with Crippen LogP contribution in [0.25, 0.3) is 22.3 Å². The van der Waals surface area contributed by atoms with Gasteiger partial charge in [0.05, 0.1) is 29.7 Å². The van der Waals surface area contributed by atoms with Gasteiger partial charge < -0.3 is 14.2 Å². The topological polar surface area (TPSA) is 67.0 Å². The molecule has 0 unspecified atom stereocenters. The molecule has 10 heteroatoms. The highest BCUT2D eigenvalue weighted by atomic mass is 35.5. The number of alkyl halides is 3. The Morgan fingerprint density at radius 1 is 1.23 bits per heavy atom. The Balaban J connectivity index is 0.00000320. The van der Waals surface area contributed by atoms with Crippen LogP contribution in [0.2, 0.25) is 0 Å². The van der Waals surface area contributed by atoms with Crippen molar-refractivity contribution in [1.29, 1.82) is 5.26 Å². The molecule has 30 heavy (non-hydrogen) atoms. The van der Waals surface area contributed by atoms with Gasteiger partial charge in [0.15, 0.2) is 5.69 Å². The monoisotopic (exact) mass is 439 g/mol. The predicted molar refractivity (Wildman–Crippen MR) is 110 cm³/mol. The Morgan fingerprint density at radius 2 is 1.97 bits per heavy atom. The maximum atomic E-state index is 13.6. The lowest BCUT2D eigenvalue weighted by molar-refractivity contribution is -0.138. The first-order valence-electron chi connectivity index (χ1n) is 8.92.